The number of benzene rings is 3. The van der Waals surface area contributed by atoms with Gasteiger partial charge in [-0.2, -0.15) is 0 Å². The molecule has 3 rings (SSSR count). The number of hydrogen-bond donors (Lipinski definition) is 2. The zero-order valence-electron chi connectivity index (χ0n) is 15.1. The lowest BCUT2D eigenvalue weighted by atomic mass is 10.2. The molecule has 0 heterocycles. The topological polar surface area (TPSA) is 50.4 Å². The molecule has 0 fully saturated rings. The van der Waals surface area contributed by atoms with Crippen molar-refractivity contribution in [1.29, 1.82) is 0 Å². The molecule has 1 amide bonds. The van der Waals surface area contributed by atoms with Crippen molar-refractivity contribution in [2.75, 3.05) is 23.8 Å². The molecule has 0 aliphatic rings. The summed E-state index contributed by atoms with van der Waals surface area (Å²) in [5, 5.41) is 5.67. The second kappa shape index (κ2) is 9.76. The monoisotopic (exact) mass is 398 g/mol. The van der Waals surface area contributed by atoms with Crippen LogP contribution in [0.15, 0.2) is 72.8 Å². The molecule has 28 heavy (non-hydrogen) atoms. The van der Waals surface area contributed by atoms with Crippen molar-refractivity contribution in [3.05, 3.63) is 89.2 Å². The Morgan fingerprint density at radius 1 is 0.964 bits per heavy atom. The van der Waals surface area contributed by atoms with Crippen LogP contribution >= 0.6 is 11.6 Å². The minimum atomic E-state index is -0.526. The van der Waals surface area contributed by atoms with E-state index in [0.29, 0.717) is 12.3 Å². The maximum atomic E-state index is 13.2. The van der Waals surface area contributed by atoms with Gasteiger partial charge in [-0.05, 0) is 35.9 Å². The predicted molar refractivity (Wildman–Crippen MR) is 111 cm³/mol. The zero-order chi connectivity index (χ0) is 19.8. The van der Waals surface area contributed by atoms with Crippen LogP contribution in [-0.4, -0.2) is 19.1 Å². The van der Waals surface area contributed by atoms with Gasteiger partial charge in [-0.3, -0.25) is 4.79 Å². The third-order valence-electron chi connectivity index (χ3n) is 3.99. The number of anilines is 2. The maximum absolute atomic E-state index is 13.2. The predicted octanol–water partition coefficient (Wildman–Crippen LogP) is 5.15. The molecule has 4 nitrogen and oxygen atoms in total. The highest BCUT2D eigenvalue weighted by atomic mass is 35.5. The van der Waals surface area contributed by atoms with Crippen LogP contribution in [0.3, 0.4) is 0 Å². The Morgan fingerprint density at radius 3 is 2.57 bits per heavy atom. The van der Waals surface area contributed by atoms with Crippen molar-refractivity contribution in [3.63, 3.8) is 0 Å². The van der Waals surface area contributed by atoms with Crippen LogP contribution in [0.4, 0.5) is 15.8 Å². The van der Waals surface area contributed by atoms with Gasteiger partial charge in [0.05, 0.1) is 18.2 Å². The summed E-state index contributed by atoms with van der Waals surface area (Å²) < 4.78 is 18.9. The molecule has 0 unspecified atom stereocenters. The number of hydrogen-bond acceptors (Lipinski definition) is 3. The molecule has 3 aromatic rings. The summed E-state index contributed by atoms with van der Waals surface area (Å²) in [4.78, 5) is 12.1. The highest BCUT2D eigenvalue weighted by Gasteiger charge is 2.06. The van der Waals surface area contributed by atoms with Crippen LogP contribution in [0.2, 0.25) is 5.02 Å². The summed E-state index contributed by atoms with van der Waals surface area (Å²) in [6, 6.07) is 21.6. The van der Waals surface area contributed by atoms with E-state index in [4.69, 9.17) is 16.3 Å². The summed E-state index contributed by atoms with van der Waals surface area (Å²) in [7, 11) is 0. The van der Waals surface area contributed by atoms with E-state index in [-0.39, 0.29) is 17.5 Å². The standard InChI is InChI=1S/C22H20ClFN2O2/c23-20-14-18(9-10-21(20)24)26-22(27)15-25-17-7-4-8-19(13-17)28-12-11-16-5-2-1-3-6-16/h1-10,13-14,25H,11-12,15H2,(H,26,27). The molecule has 6 heteroatoms. The number of carbonyl (C=O) groups is 1. The third kappa shape index (κ3) is 5.99. The molecule has 144 valence electrons. The van der Waals surface area contributed by atoms with Crippen molar-refractivity contribution < 1.29 is 13.9 Å². The number of carbonyl (C=O) groups excluding carboxylic acids is 1. The zero-order valence-corrected chi connectivity index (χ0v) is 15.9. The maximum Gasteiger partial charge on any atom is 0.243 e. The highest BCUT2D eigenvalue weighted by molar-refractivity contribution is 6.31. The van der Waals surface area contributed by atoms with Crippen molar-refractivity contribution in [3.8, 4) is 5.75 Å². The van der Waals surface area contributed by atoms with E-state index < -0.39 is 5.82 Å². The van der Waals surface area contributed by atoms with E-state index in [1.54, 1.807) is 0 Å². The smallest absolute Gasteiger partial charge is 0.243 e. The molecular formula is C22H20ClFN2O2. The Morgan fingerprint density at radius 2 is 1.79 bits per heavy atom. The van der Waals surface area contributed by atoms with Crippen LogP contribution < -0.4 is 15.4 Å². The van der Waals surface area contributed by atoms with E-state index in [2.05, 4.69) is 22.8 Å². The average Bonchev–Trinajstić information content (AvgIpc) is 2.70. The average molecular weight is 399 g/mol. The second-order valence-electron chi connectivity index (χ2n) is 6.14. The summed E-state index contributed by atoms with van der Waals surface area (Å²) >= 11 is 5.71. The number of amides is 1. The van der Waals surface area contributed by atoms with Gasteiger partial charge in [0.25, 0.3) is 0 Å². The number of halogens is 2. The van der Waals surface area contributed by atoms with E-state index >= 15 is 0 Å². The van der Waals surface area contributed by atoms with Crippen molar-refractivity contribution in [2.45, 2.75) is 6.42 Å². The van der Waals surface area contributed by atoms with Crippen LogP contribution in [0, 0.1) is 5.82 Å². The lowest BCUT2D eigenvalue weighted by Gasteiger charge is -2.11. The summed E-state index contributed by atoms with van der Waals surface area (Å²) in [5.74, 6) is -0.0633. The van der Waals surface area contributed by atoms with E-state index in [1.165, 1.54) is 23.8 Å². The lowest BCUT2D eigenvalue weighted by Crippen LogP contribution is -2.21. The van der Waals surface area contributed by atoms with Crippen LogP contribution in [0.25, 0.3) is 0 Å². The molecular weight excluding hydrogens is 379 g/mol. The van der Waals surface area contributed by atoms with Gasteiger partial charge in [0.1, 0.15) is 11.6 Å². The first-order valence-electron chi connectivity index (χ1n) is 8.86. The Bertz CT molecular complexity index is 935. The molecule has 0 spiro atoms. The molecule has 0 aliphatic heterocycles. The Kier molecular flexibility index (Phi) is 6.87. The molecule has 0 aromatic heterocycles. The van der Waals surface area contributed by atoms with Gasteiger partial charge in [-0.15, -0.1) is 0 Å². The Labute approximate surface area is 168 Å². The fraction of sp³-hybridized carbons (Fsp3) is 0.136. The summed E-state index contributed by atoms with van der Waals surface area (Å²) in [5.41, 5.74) is 2.43. The molecule has 0 saturated heterocycles. The third-order valence-corrected chi connectivity index (χ3v) is 4.28. The van der Waals surface area contributed by atoms with Gasteiger partial charge in [-0.25, -0.2) is 4.39 Å². The Balaban J connectivity index is 1.47. The second-order valence-corrected chi connectivity index (χ2v) is 6.55. The first kappa shape index (κ1) is 19.7. The number of ether oxygens (including phenoxy) is 1. The molecule has 0 atom stereocenters. The molecule has 3 aromatic carbocycles. The van der Waals surface area contributed by atoms with Gasteiger partial charge in [0, 0.05) is 23.9 Å². The van der Waals surface area contributed by atoms with Gasteiger partial charge in [0.2, 0.25) is 5.91 Å². The minimum absolute atomic E-state index is 0.0360. The van der Waals surface area contributed by atoms with E-state index in [1.807, 2.05) is 42.5 Å². The van der Waals surface area contributed by atoms with Crippen LogP contribution in [0.5, 0.6) is 5.75 Å². The molecule has 0 aliphatic carbocycles. The normalized spacial score (nSPS) is 10.4. The Hall–Kier alpha value is -3.05. The van der Waals surface area contributed by atoms with Gasteiger partial charge >= 0.3 is 0 Å². The molecule has 0 saturated carbocycles. The van der Waals surface area contributed by atoms with Crippen molar-refractivity contribution >= 4 is 28.9 Å². The molecule has 0 bridgehead atoms. The van der Waals surface area contributed by atoms with E-state index in [9.17, 15) is 9.18 Å². The summed E-state index contributed by atoms with van der Waals surface area (Å²) in [6.07, 6.45) is 0.821. The fourth-order valence-corrected chi connectivity index (χ4v) is 2.77. The first-order valence-corrected chi connectivity index (χ1v) is 9.23. The van der Waals surface area contributed by atoms with Gasteiger partial charge in [0.15, 0.2) is 0 Å². The highest BCUT2D eigenvalue weighted by Crippen LogP contribution is 2.20. The lowest BCUT2D eigenvalue weighted by molar-refractivity contribution is -0.114. The van der Waals surface area contributed by atoms with Gasteiger partial charge < -0.3 is 15.4 Å². The minimum Gasteiger partial charge on any atom is -0.493 e. The van der Waals surface area contributed by atoms with Crippen LogP contribution in [0.1, 0.15) is 5.56 Å². The number of nitrogens with one attached hydrogen (secondary N) is 2. The SMILES string of the molecule is O=C(CNc1cccc(OCCc2ccccc2)c1)Nc1ccc(F)c(Cl)c1. The quantitative estimate of drug-likeness (QED) is 0.551. The summed E-state index contributed by atoms with van der Waals surface area (Å²) in [6.45, 7) is 0.627. The van der Waals surface area contributed by atoms with Gasteiger partial charge in [-0.1, -0.05) is 48.0 Å². The van der Waals surface area contributed by atoms with Crippen molar-refractivity contribution in [2.24, 2.45) is 0 Å². The van der Waals surface area contributed by atoms with Crippen molar-refractivity contribution in [1.82, 2.24) is 0 Å². The van der Waals surface area contributed by atoms with Crippen LogP contribution in [-0.2, 0) is 11.2 Å². The first-order chi connectivity index (χ1) is 13.6. The van der Waals surface area contributed by atoms with E-state index in [0.717, 1.165) is 17.9 Å². The molecule has 2 N–H and O–H groups in total. The largest absolute Gasteiger partial charge is 0.493 e. The number of rotatable bonds is 8. The molecule has 0 radical (unpaired) electrons. The fourth-order valence-electron chi connectivity index (χ4n) is 2.59.